The fourth-order valence-electron chi connectivity index (χ4n) is 1.86. The van der Waals surface area contributed by atoms with Gasteiger partial charge in [0.05, 0.1) is 0 Å². The van der Waals surface area contributed by atoms with Gasteiger partial charge in [-0.1, -0.05) is 45.4 Å². The maximum atomic E-state index is 6.88. The van der Waals surface area contributed by atoms with E-state index in [9.17, 15) is 0 Å². The molecular formula is C16H32Cl2NSiV. The van der Waals surface area contributed by atoms with Crippen molar-refractivity contribution < 1.29 is 40.4 Å². The van der Waals surface area contributed by atoms with Gasteiger partial charge in [0.25, 0.3) is 0 Å². The molecule has 0 atom stereocenters. The Hall–Kier alpha value is 0.821. The summed E-state index contributed by atoms with van der Waals surface area (Å²) in [5.74, 6) is 0. The van der Waals surface area contributed by atoms with Crippen molar-refractivity contribution in [2.24, 2.45) is 0 Å². The summed E-state index contributed by atoms with van der Waals surface area (Å²) in [7, 11) is 0. The van der Waals surface area contributed by atoms with Crippen LogP contribution in [0.3, 0.4) is 0 Å². The predicted octanol–water partition coefficient (Wildman–Crippen LogP) is 0.155. The van der Waals surface area contributed by atoms with E-state index in [-0.39, 0.29) is 24.8 Å². The molecule has 0 unspecified atom stereocenters. The summed E-state index contributed by atoms with van der Waals surface area (Å²) in [5, 5.41) is 0. The Labute approximate surface area is 152 Å². The van der Waals surface area contributed by atoms with E-state index in [1.807, 2.05) is 0 Å². The van der Waals surface area contributed by atoms with E-state index in [1.54, 1.807) is 4.28 Å². The minimum absolute atomic E-state index is 0. The number of allylic oxidation sites excluding steroid dienone is 4. The molecule has 0 saturated carbocycles. The second-order valence-electron chi connectivity index (χ2n) is 6.09. The van der Waals surface area contributed by atoms with Crippen LogP contribution >= 0.6 is 0 Å². The number of hydrogen-bond acceptors (Lipinski definition) is 0. The van der Waals surface area contributed by atoms with E-state index in [1.165, 1.54) is 38.5 Å². The van der Waals surface area contributed by atoms with Crippen LogP contribution in [0.2, 0.25) is 19.6 Å². The number of hydrogen-bond donors (Lipinski definition) is 0. The minimum atomic E-state index is -0.737. The Balaban J connectivity index is -0.000000284. The van der Waals surface area contributed by atoms with Gasteiger partial charge in [0.1, 0.15) is 0 Å². The Morgan fingerprint density at radius 1 is 1.05 bits per heavy atom. The van der Waals surface area contributed by atoms with Crippen molar-refractivity contribution in [3.63, 3.8) is 0 Å². The normalized spacial score (nSPS) is 12.3. The van der Waals surface area contributed by atoms with Gasteiger partial charge in [0.2, 0.25) is 0 Å². The van der Waals surface area contributed by atoms with Crippen molar-refractivity contribution in [1.29, 1.82) is 0 Å². The standard InChI is InChI=1S/C8H18N.C5H5.C3H9Si.2ClH.V/c1-2-3-4-5-6-7-8-9;1-2-4-5-3-1;1-4(2)3;;;/h9H,2-8H2,1H3;1-3H,4H2;1-3H3;2*1H;/q-1;;;;;+3/p-2. The van der Waals surface area contributed by atoms with Gasteiger partial charge in [0.15, 0.2) is 0 Å². The predicted molar refractivity (Wildman–Crippen MR) is 87.8 cm³/mol. The molecule has 1 aliphatic rings. The van der Waals surface area contributed by atoms with Crippen molar-refractivity contribution in [2.45, 2.75) is 71.5 Å². The molecule has 0 aromatic heterocycles. The molecule has 0 saturated heterocycles. The summed E-state index contributed by atoms with van der Waals surface area (Å²) in [6.07, 6.45) is 15.1. The van der Waals surface area contributed by atoms with Gasteiger partial charge in [-0.15, -0.1) is 0 Å². The molecule has 1 rings (SSSR count). The monoisotopic (exact) mass is 387 g/mol. The first-order valence-electron chi connectivity index (χ1n) is 7.73. The van der Waals surface area contributed by atoms with Gasteiger partial charge in [-0.3, -0.25) is 0 Å². The fourth-order valence-corrected chi connectivity index (χ4v) is 7.99. The van der Waals surface area contributed by atoms with E-state index < -0.39 is 6.45 Å². The van der Waals surface area contributed by atoms with Crippen LogP contribution in [0, 0.1) is 0 Å². The van der Waals surface area contributed by atoms with E-state index in [4.69, 9.17) is 5.73 Å². The number of nitrogens with one attached hydrogen (secondary N) is 1. The summed E-state index contributed by atoms with van der Waals surface area (Å²) < 4.78 is 1.73. The van der Waals surface area contributed by atoms with E-state index in [2.05, 4.69) is 44.8 Å². The molecule has 0 aromatic rings. The SMILES string of the molecule is CCCCCCCC[NH-].C[Si](C)(C)[V+3][C]1=CC=CC1.[Cl-].[Cl-]. The van der Waals surface area contributed by atoms with Gasteiger partial charge in [-0.25, -0.2) is 0 Å². The third-order valence-electron chi connectivity index (χ3n) is 2.76. The van der Waals surface area contributed by atoms with Crippen LogP contribution in [-0.4, -0.2) is 13.0 Å². The number of rotatable bonds is 8. The second-order valence-corrected chi connectivity index (χ2v) is 18.9. The Morgan fingerprint density at radius 2 is 1.62 bits per heavy atom. The molecule has 5 heteroatoms. The Bertz CT molecular complexity index is 270. The first kappa shape index (κ1) is 26.7. The topological polar surface area (TPSA) is 23.8 Å². The zero-order valence-electron chi connectivity index (χ0n) is 14.1. The van der Waals surface area contributed by atoms with Gasteiger partial charge < -0.3 is 30.5 Å². The smallest absolute Gasteiger partial charge is 1.00 e. The first-order chi connectivity index (χ1) is 8.99. The molecule has 1 aliphatic carbocycles. The zero-order chi connectivity index (χ0) is 14.6. The van der Waals surface area contributed by atoms with Crippen LogP contribution in [0.5, 0.6) is 0 Å². The molecule has 0 aliphatic heterocycles. The third kappa shape index (κ3) is 20.8. The van der Waals surface area contributed by atoms with Gasteiger partial charge >= 0.3 is 70.6 Å². The van der Waals surface area contributed by atoms with Gasteiger partial charge in [0, 0.05) is 0 Å². The molecule has 0 amide bonds. The van der Waals surface area contributed by atoms with E-state index in [0.29, 0.717) is 22.2 Å². The maximum absolute atomic E-state index is 6.88. The van der Waals surface area contributed by atoms with Crippen molar-refractivity contribution in [3.8, 4) is 0 Å². The fraction of sp³-hybridized carbons (Fsp3) is 0.750. The molecule has 0 fully saturated rings. The van der Waals surface area contributed by atoms with Crippen LogP contribution in [0.25, 0.3) is 5.73 Å². The number of unbranched alkanes of at least 4 members (excludes halogenated alkanes) is 5. The average molecular weight is 388 g/mol. The van der Waals surface area contributed by atoms with Crippen molar-refractivity contribution in [1.82, 2.24) is 0 Å². The van der Waals surface area contributed by atoms with Crippen molar-refractivity contribution in [3.05, 3.63) is 28.2 Å². The van der Waals surface area contributed by atoms with Crippen LogP contribution in [-0.2, 0) is 15.6 Å². The van der Waals surface area contributed by atoms with E-state index in [0.717, 1.165) is 6.42 Å². The van der Waals surface area contributed by atoms with Crippen LogP contribution in [0.1, 0.15) is 51.9 Å². The Morgan fingerprint density at radius 3 is 2.05 bits per heavy atom. The molecule has 1 N–H and O–H groups in total. The molecule has 0 heterocycles. The molecule has 21 heavy (non-hydrogen) atoms. The second kappa shape index (κ2) is 17.2. The maximum Gasteiger partial charge on any atom is -1.00 e. The van der Waals surface area contributed by atoms with Gasteiger partial charge in [-0.2, -0.15) is 6.54 Å². The average Bonchev–Trinajstić information content (AvgIpc) is 2.80. The van der Waals surface area contributed by atoms with Crippen molar-refractivity contribution >= 4 is 6.45 Å². The van der Waals surface area contributed by atoms with Crippen LogP contribution in [0.4, 0.5) is 0 Å². The largest absolute Gasteiger partial charge is 1.00 e. The quantitative estimate of drug-likeness (QED) is 0.418. The third-order valence-corrected chi connectivity index (χ3v) is 8.73. The van der Waals surface area contributed by atoms with Crippen LogP contribution in [0.15, 0.2) is 22.5 Å². The molecule has 124 valence electrons. The van der Waals surface area contributed by atoms with E-state index >= 15 is 0 Å². The van der Waals surface area contributed by atoms with Crippen LogP contribution < -0.4 is 24.8 Å². The Kier molecular flexibility index (Phi) is 21.8. The van der Waals surface area contributed by atoms with Crippen molar-refractivity contribution in [2.75, 3.05) is 6.54 Å². The summed E-state index contributed by atoms with van der Waals surface area (Å²) in [4.78, 5) is 0. The molecule has 0 radical (unpaired) electrons. The summed E-state index contributed by atoms with van der Waals surface area (Å²) in [6.45, 7) is 10.2. The summed E-state index contributed by atoms with van der Waals surface area (Å²) >= 11 is 0.557. The molecule has 1 nitrogen and oxygen atoms in total. The molecule has 0 aromatic carbocycles. The summed E-state index contributed by atoms with van der Waals surface area (Å²) in [6, 6.07) is 0. The first-order valence-corrected chi connectivity index (χ1v) is 14.0. The molecular weight excluding hydrogens is 356 g/mol. The molecule has 0 spiro atoms. The molecule has 0 bridgehead atoms. The zero-order valence-corrected chi connectivity index (χ0v) is 18.0. The minimum Gasteiger partial charge on any atom is -1.00 e. The number of halogens is 2. The van der Waals surface area contributed by atoms with Gasteiger partial charge in [-0.05, 0) is 0 Å². The summed E-state index contributed by atoms with van der Waals surface area (Å²) in [5.41, 5.74) is 6.88.